The van der Waals surface area contributed by atoms with Crippen LogP contribution in [-0.2, 0) is 16.1 Å². The molecule has 2 N–H and O–H groups in total. The van der Waals surface area contributed by atoms with E-state index in [0.717, 1.165) is 5.56 Å². The Morgan fingerprint density at radius 2 is 1.83 bits per heavy atom. The number of halogens is 2. The Morgan fingerprint density at radius 1 is 1.14 bits per heavy atom. The van der Waals surface area contributed by atoms with Gasteiger partial charge in [0.05, 0.1) is 11.7 Å². The molecule has 8 heteroatoms. The van der Waals surface area contributed by atoms with Gasteiger partial charge in [-0.15, -0.1) is 0 Å². The normalized spacial score (nSPS) is 12.5. The summed E-state index contributed by atoms with van der Waals surface area (Å²) in [4.78, 5) is 19.8. The van der Waals surface area contributed by atoms with Gasteiger partial charge in [0.25, 0.3) is 0 Å². The molecule has 1 atom stereocenters. The van der Waals surface area contributed by atoms with E-state index in [-0.39, 0.29) is 24.1 Å². The van der Waals surface area contributed by atoms with Crippen LogP contribution in [0.4, 0.5) is 8.78 Å². The summed E-state index contributed by atoms with van der Waals surface area (Å²) < 4.78 is 35.0. The van der Waals surface area contributed by atoms with Crippen LogP contribution in [0.3, 0.4) is 0 Å². The van der Waals surface area contributed by atoms with E-state index in [9.17, 15) is 13.6 Å². The molecule has 0 fully saturated rings. The van der Waals surface area contributed by atoms with Crippen molar-refractivity contribution in [2.75, 3.05) is 26.8 Å². The number of ether oxygens (including phenoxy) is 1. The zero-order chi connectivity index (χ0) is 25.6. The minimum atomic E-state index is -0.437. The van der Waals surface area contributed by atoms with Crippen LogP contribution in [0.25, 0.3) is 11.3 Å². The van der Waals surface area contributed by atoms with Crippen LogP contribution in [0.2, 0.25) is 0 Å². The number of amides is 1. The lowest BCUT2D eigenvalue weighted by Gasteiger charge is -2.40. The van der Waals surface area contributed by atoms with Gasteiger partial charge in [-0.05, 0) is 48.2 Å². The molecule has 2 aromatic carbocycles. The van der Waals surface area contributed by atoms with Gasteiger partial charge in [0.1, 0.15) is 24.1 Å². The minimum absolute atomic E-state index is 0.0709. The van der Waals surface area contributed by atoms with E-state index in [2.05, 4.69) is 0 Å². The highest BCUT2D eigenvalue weighted by atomic mass is 19.1. The second-order valence-electron chi connectivity index (χ2n) is 9.68. The Labute approximate surface area is 205 Å². The predicted molar refractivity (Wildman–Crippen MR) is 133 cm³/mol. The summed E-state index contributed by atoms with van der Waals surface area (Å²) >= 11 is 0. The van der Waals surface area contributed by atoms with Crippen molar-refractivity contribution in [1.82, 2.24) is 14.5 Å². The fourth-order valence-corrected chi connectivity index (χ4v) is 4.25. The summed E-state index contributed by atoms with van der Waals surface area (Å²) in [5, 5.41) is 0. The second kappa shape index (κ2) is 11.6. The summed E-state index contributed by atoms with van der Waals surface area (Å²) in [7, 11) is 1.48. The first kappa shape index (κ1) is 26.5. The molecule has 0 unspecified atom stereocenters. The number of rotatable bonds is 10. The monoisotopic (exact) mass is 484 g/mol. The van der Waals surface area contributed by atoms with Gasteiger partial charge in [0.2, 0.25) is 5.91 Å². The molecule has 0 aliphatic carbocycles. The van der Waals surface area contributed by atoms with E-state index in [1.807, 2.05) is 37.6 Å². The van der Waals surface area contributed by atoms with Gasteiger partial charge >= 0.3 is 0 Å². The molecule has 35 heavy (non-hydrogen) atoms. The smallest absolute Gasteiger partial charge is 0.249 e. The number of carbonyl (C=O) groups excluding carboxylic acids is 1. The maximum absolute atomic E-state index is 14.0. The molecule has 0 spiro atoms. The van der Waals surface area contributed by atoms with Crippen LogP contribution < -0.4 is 5.73 Å². The van der Waals surface area contributed by atoms with Crippen LogP contribution in [0, 0.1) is 17.0 Å². The summed E-state index contributed by atoms with van der Waals surface area (Å²) in [5.74, 6) is -0.242. The van der Waals surface area contributed by atoms with E-state index in [1.54, 1.807) is 23.1 Å². The van der Waals surface area contributed by atoms with E-state index in [1.165, 1.54) is 31.4 Å². The highest BCUT2D eigenvalue weighted by Gasteiger charge is 2.38. The second-order valence-corrected chi connectivity index (χ2v) is 9.68. The average Bonchev–Trinajstić information content (AvgIpc) is 3.18. The van der Waals surface area contributed by atoms with E-state index < -0.39 is 11.5 Å². The number of imidazole rings is 1. The van der Waals surface area contributed by atoms with Crippen LogP contribution >= 0.6 is 0 Å². The third kappa shape index (κ3) is 6.74. The largest absolute Gasteiger partial charge is 0.375 e. The van der Waals surface area contributed by atoms with Crippen molar-refractivity contribution in [1.29, 1.82) is 0 Å². The first-order chi connectivity index (χ1) is 16.6. The van der Waals surface area contributed by atoms with Crippen LogP contribution in [0.5, 0.6) is 0 Å². The highest BCUT2D eigenvalue weighted by molar-refractivity contribution is 5.78. The Bertz CT molecular complexity index is 1140. The topological polar surface area (TPSA) is 73.4 Å². The van der Waals surface area contributed by atoms with E-state index in [0.29, 0.717) is 43.1 Å². The number of methoxy groups -OCH3 is 1. The van der Waals surface area contributed by atoms with Crippen molar-refractivity contribution in [3.63, 3.8) is 0 Å². The highest BCUT2D eigenvalue weighted by Crippen LogP contribution is 2.39. The molecule has 188 valence electrons. The molecule has 0 aliphatic rings. The van der Waals surface area contributed by atoms with Crippen molar-refractivity contribution in [2.24, 2.45) is 11.1 Å². The molecule has 0 aliphatic heterocycles. The molecule has 1 aromatic heterocycles. The number of hydrogen-bond donors (Lipinski definition) is 1. The van der Waals surface area contributed by atoms with Crippen LogP contribution in [-0.4, -0.2) is 47.2 Å². The molecule has 0 saturated carbocycles. The Morgan fingerprint density at radius 3 is 2.43 bits per heavy atom. The summed E-state index contributed by atoms with van der Waals surface area (Å²) in [5.41, 5.74) is 7.30. The molecular weight excluding hydrogens is 450 g/mol. The van der Waals surface area contributed by atoms with Gasteiger partial charge in [0.15, 0.2) is 0 Å². The Hall–Kier alpha value is -3.10. The predicted octanol–water partition coefficient (Wildman–Crippen LogP) is 4.79. The fraction of sp³-hybridized carbons (Fsp3) is 0.407. The van der Waals surface area contributed by atoms with Crippen molar-refractivity contribution in [3.05, 3.63) is 77.8 Å². The van der Waals surface area contributed by atoms with Crippen LogP contribution in [0.1, 0.15) is 44.6 Å². The average molecular weight is 485 g/mol. The van der Waals surface area contributed by atoms with Crippen molar-refractivity contribution < 1.29 is 18.3 Å². The number of aromatic nitrogens is 2. The van der Waals surface area contributed by atoms with Gasteiger partial charge < -0.3 is 19.9 Å². The standard InChI is InChI=1S/C27H34F2N4O2/c1-27(2,3)25(33(13-7-12-30)24(34)18-35-4)26-31-23(20-9-6-11-22(29)15-20)17-32(26)16-19-8-5-10-21(28)14-19/h5-6,8-11,14-15,17,25H,7,12-13,16,18,30H2,1-4H3/t25-/m0/s1. The molecule has 0 radical (unpaired) electrons. The summed E-state index contributed by atoms with van der Waals surface area (Å²) in [6, 6.07) is 12.1. The summed E-state index contributed by atoms with van der Waals surface area (Å²) in [6.07, 6.45) is 2.44. The Balaban J connectivity index is 2.18. The number of carbonyl (C=O) groups is 1. The van der Waals surface area contributed by atoms with Crippen molar-refractivity contribution in [2.45, 2.75) is 39.8 Å². The van der Waals surface area contributed by atoms with Crippen molar-refractivity contribution >= 4 is 5.91 Å². The zero-order valence-electron chi connectivity index (χ0n) is 20.8. The molecule has 3 rings (SSSR count). The van der Waals surface area contributed by atoms with Gasteiger partial charge in [-0.25, -0.2) is 13.8 Å². The molecule has 1 heterocycles. The molecule has 3 aromatic rings. The molecule has 6 nitrogen and oxygen atoms in total. The summed E-state index contributed by atoms with van der Waals surface area (Å²) in [6.45, 7) is 7.25. The number of nitrogens with two attached hydrogens (primary N) is 1. The van der Waals surface area contributed by atoms with E-state index in [4.69, 9.17) is 15.5 Å². The fourth-order valence-electron chi connectivity index (χ4n) is 4.25. The van der Waals surface area contributed by atoms with Gasteiger partial charge in [-0.3, -0.25) is 4.79 Å². The number of hydrogen-bond acceptors (Lipinski definition) is 4. The SMILES string of the molecule is COCC(=O)N(CCCN)[C@@H](c1nc(-c2cccc(F)c2)cn1Cc1cccc(F)c1)C(C)(C)C. The minimum Gasteiger partial charge on any atom is -0.375 e. The number of benzene rings is 2. The lowest BCUT2D eigenvalue weighted by molar-refractivity contribution is -0.140. The van der Waals surface area contributed by atoms with E-state index >= 15 is 0 Å². The molecule has 0 saturated heterocycles. The molecule has 0 bridgehead atoms. The first-order valence-electron chi connectivity index (χ1n) is 11.7. The zero-order valence-corrected chi connectivity index (χ0v) is 20.8. The Kier molecular flexibility index (Phi) is 8.75. The number of nitrogens with zero attached hydrogens (tertiary/aromatic N) is 3. The first-order valence-corrected chi connectivity index (χ1v) is 11.7. The van der Waals surface area contributed by atoms with Gasteiger partial charge in [-0.2, -0.15) is 0 Å². The third-order valence-corrected chi connectivity index (χ3v) is 5.74. The van der Waals surface area contributed by atoms with Gasteiger partial charge in [-0.1, -0.05) is 45.0 Å². The van der Waals surface area contributed by atoms with Crippen molar-refractivity contribution in [3.8, 4) is 11.3 Å². The molecular formula is C27H34F2N4O2. The quantitative estimate of drug-likeness (QED) is 0.449. The molecule has 1 amide bonds. The third-order valence-electron chi connectivity index (χ3n) is 5.74. The lowest BCUT2D eigenvalue weighted by Crippen LogP contribution is -2.45. The maximum Gasteiger partial charge on any atom is 0.249 e. The van der Waals surface area contributed by atoms with Crippen LogP contribution in [0.15, 0.2) is 54.7 Å². The maximum atomic E-state index is 14.0. The lowest BCUT2D eigenvalue weighted by atomic mass is 9.84. The van der Waals surface area contributed by atoms with Gasteiger partial charge in [0, 0.05) is 32.0 Å².